The first-order valence-electron chi connectivity index (χ1n) is 5.05. The van der Waals surface area contributed by atoms with E-state index in [1.54, 1.807) is 16.8 Å². The van der Waals surface area contributed by atoms with E-state index in [2.05, 4.69) is 32.7 Å². The van der Waals surface area contributed by atoms with Crippen molar-refractivity contribution in [1.29, 1.82) is 0 Å². The molecular weight excluding hydrogens is 329 g/mol. The smallest absolute Gasteiger partial charge is 0.222 e. The Balaban J connectivity index is 1.94. The van der Waals surface area contributed by atoms with E-state index in [0.717, 1.165) is 15.0 Å². The molecule has 0 N–H and O–H groups in total. The number of aromatic nitrogens is 3. The Kier molecular flexibility index (Phi) is 2.68. The van der Waals surface area contributed by atoms with Gasteiger partial charge in [-0.25, -0.2) is 4.52 Å². The van der Waals surface area contributed by atoms with Gasteiger partial charge >= 0.3 is 0 Å². The van der Waals surface area contributed by atoms with Crippen molar-refractivity contribution in [2.75, 3.05) is 0 Å². The van der Waals surface area contributed by atoms with E-state index in [1.807, 2.05) is 36.5 Å². The van der Waals surface area contributed by atoms with Crippen LogP contribution in [0.5, 0.6) is 11.6 Å². The average molecular weight is 337 g/mol. The summed E-state index contributed by atoms with van der Waals surface area (Å²) in [7, 11) is 0. The number of rotatable bonds is 2. The molecule has 2 aromatic heterocycles. The van der Waals surface area contributed by atoms with Crippen LogP contribution >= 0.6 is 22.6 Å². The molecule has 0 bridgehead atoms. The molecule has 5 heteroatoms. The molecule has 0 aliphatic carbocycles. The SMILES string of the molecule is Ic1cccc(Oc2ccn3nccc3n2)c1. The van der Waals surface area contributed by atoms with Crippen molar-refractivity contribution in [3.05, 3.63) is 52.4 Å². The number of nitrogens with zero attached hydrogens (tertiary/aromatic N) is 3. The first-order valence-corrected chi connectivity index (χ1v) is 6.13. The molecule has 0 spiro atoms. The summed E-state index contributed by atoms with van der Waals surface area (Å²) >= 11 is 2.25. The molecule has 0 amide bonds. The minimum atomic E-state index is 0.569. The predicted molar refractivity (Wildman–Crippen MR) is 72.2 cm³/mol. The van der Waals surface area contributed by atoms with Gasteiger partial charge in [0.15, 0.2) is 5.65 Å². The molecular formula is C12H8IN3O. The van der Waals surface area contributed by atoms with Crippen molar-refractivity contribution >= 4 is 28.2 Å². The summed E-state index contributed by atoms with van der Waals surface area (Å²) < 4.78 is 8.51. The Morgan fingerprint density at radius 3 is 3.00 bits per heavy atom. The van der Waals surface area contributed by atoms with Gasteiger partial charge < -0.3 is 4.74 Å². The molecule has 0 saturated heterocycles. The summed E-state index contributed by atoms with van der Waals surface area (Å²) in [5, 5.41) is 4.08. The van der Waals surface area contributed by atoms with Crippen molar-refractivity contribution < 1.29 is 4.74 Å². The molecule has 0 unspecified atom stereocenters. The monoisotopic (exact) mass is 337 g/mol. The van der Waals surface area contributed by atoms with Crippen LogP contribution in [0.3, 0.4) is 0 Å². The second-order valence-electron chi connectivity index (χ2n) is 3.46. The Labute approximate surface area is 111 Å². The van der Waals surface area contributed by atoms with Gasteiger partial charge in [0.2, 0.25) is 5.88 Å². The van der Waals surface area contributed by atoms with Crippen LogP contribution in [0.15, 0.2) is 48.8 Å². The molecule has 0 saturated carbocycles. The summed E-state index contributed by atoms with van der Waals surface area (Å²) in [4.78, 5) is 4.34. The van der Waals surface area contributed by atoms with Crippen LogP contribution in [-0.2, 0) is 0 Å². The Hall–Kier alpha value is -1.63. The zero-order chi connectivity index (χ0) is 11.7. The number of hydrogen-bond acceptors (Lipinski definition) is 3. The first-order chi connectivity index (χ1) is 8.31. The summed E-state index contributed by atoms with van der Waals surface area (Å²) in [6.45, 7) is 0. The highest BCUT2D eigenvalue weighted by Gasteiger charge is 2.01. The number of halogens is 1. The minimum absolute atomic E-state index is 0.569. The standard InChI is InChI=1S/C12H8IN3O/c13-9-2-1-3-10(8-9)17-12-5-7-16-11(15-12)4-6-14-16/h1-8H. The molecule has 4 nitrogen and oxygen atoms in total. The molecule has 17 heavy (non-hydrogen) atoms. The molecule has 0 aliphatic rings. The molecule has 0 atom stereocenters. The summed E-state index contributed by atoms with van der Waals surface area (Å²) in [6, 6.07) is 11.5. The lowest BCUT2D eigenvalue weighted by Gasteiger charge is -2.04. The van der Waals surface area contributed by atoms with E-state index in [4.69, 9.17) is 4.74 Å². The van der Waals surface area contributed by atoms with Crippen LogP contribution in [-0.4, -0.2) is 14.6 Å². The Bertz CT molecular complexity index is 665. The zero-order valence-electron chi connectivity index (χ0n) is 8.75. The third kappa shape index (κ3) is 2.23. The molecule has 3 aromatic rings. The molecule has 0 radical (unpaired) electrons. The quantitative estimate of drug-likeness (QED) is 0.675. The number of fused-ring (bicyclic) bond motifs is 1. The van der Waals surface area contributed by atoms with Gasteiger partial charge in [0.05, 0.1) is 6.20 Å². The van der Waals surface area contributed by atoms with Gasteiger partial charge in [-0.15, -0.1) is 0 Å². The molecule has 84 valence electrons. The van der Waals surface area contributed by atoms with Gasteiger partial charge in [0, 0.05) is 21.9 Å². The highest BCUT2D eigenvalue weighted by molar-refractivity contribution is 14.1. The van der Waals surface area contributed by atoms with Crippen molar-refractivity contribution in [1.82, 2.24) is 14.6 Å². The fourth-order valence-electron chi connectivity index (χ4n) is 1.50. The van der Waals surface area contributed by atoms with E-state index >= 15 is 0 Å². The maximum atomic E-state index is 5.68. The lowest BCUT2D eigenvalue weighted by atomic mass is 10.3. The second-order valence-corrected chi connectivity index (χ2v) is 4.70. The number of ether oxygens (including phenoxy) is 1. The molecule has 2 heterocycles. The van der Waals surface area contributed by atoms with Crippen LogP contribution in [0.25, 0.3) is 5.65 Å². The molecule has 0 fully saturated rings. The molecule has 3 rings (SSSR count). The third-order valence-corrected chi connectivity index (χ3v) is 2.92. The van der Waals surface area contributed by atoms with Crippen molar-refractivity contribution in [2.24, 2.45) is 0 Å². The van der Waals surface area contributed by atoms with Crippen LogP contribution in [0.1, 0.15) is 0 Å². The lowest BCUT2D eigenvalue weighted by molar-refractivity contribution is 0.462. The Morgan fingerprint density at radius 2 is 2.12 bits per heavy atom. The van der Waals surface area contributed by atoms with Gasteiger partial charge in [-0.2, -0.15) is 10.1 Å². The minimum Gasteiger partial charge on any atom is -0.439 e. The van der Waals surface area contributed by atoms with Gasteiger partial charge in [-0.05, 0) is 40.8 Å². The van der Waals surface area contributed by atoms with Gasteiger partial charge in [-0.3, -0.25) is 0 Å². The van der Waals surface area contributed by atoms with Crippen LogP contribution in [0.2, 0.25) is 0 Å². The van der Waals surface area contributed by atoms with E-state index in [0.29, 0.717) is 5.88 Å². The van der Waals surface area contributed by atoms with Crippen molar-refractivity contribution in [3.8, 4) is 11.6 Å². The highest BCUT2D eigenvalue weighted by atomic mass is 127. The fourth-order valence-corrected chi connectivity index (χ4v) is 2.02. The number of benzene rings is 1. The van der Waals surface area contributed by atoms with E-state index in [9.17, 15) is 0 Å². The van der Waals surface area contributed by atoms with E-state index in [-0.39, 0.29) is 0 Å². The van der Waals surface area contributed by atoms with Crippen molar-refractivity contribution in [3.63, 3.8) is 0 Å². The van der Waals surface area contributed by atoms with Crippen LogP contribution < -0.4 is 4.74 Å². The van der Waals surface area contributed by atoms with E-state index < -0.39 is 0 Å². The van der Waals surface area contributed by atoms with Gasteiger partial charge in [0.1, 0.15) is 5.75 Å². The number of hydrogen-bond donors (Lipinski definition) is 0. The summed E-state index contributed by atoms with van der Waals surface area (Å²) in [6.07, 6.45) is 3.53. The average Bonchev–Trinajstić information content (AvgIpc) is 2.76. The van der Waals surface area contributed by atoms with E-state index in [1.165, 1.54) is 0 Å². The highest BCUT2D eigenvalue weighted by Crippen LogP contribution is 2.21. The summed E-state index contributed by atoms with van der Waals surface area (Å²) in [5.41, 5.74) is 0.771. The maximum absolute atomic E-state index is 5.68. The topological polar surface area (TPSA) is 39.4 Å². The predicted octanol–water partition coefficient (Wildman–Crippen LogP) is 3.13. The van der Waals surface area contributed by atoms with Gasteiger partial charge in [0.25, 0.3) is 0 Å². The van der Waals surface area contributed by atoms with Crippen molar-refractivity contribution in [2.45, 2.75) is 0 Å². The summed E-state index contributed by atoms with van der Waals surface area (Å²) in [5.74, 6) is 1.35. The second kappa shape index (κ2) is 4.33. The molecule has 1 aromatic carbocycles. The maximum Gasteiger partial charge on any atom is 0.222 e. The van der Waals surface area contributed by atoms with Crippen LogP contribution in [0.4, 0.5) is 0 Å². The van der Waals surface area contributed by atoms with Gasteiger partial charge in [-0.1, -0.05) is 6.07 Å². The lowest BCUT2D eigenvalue weighted by Crippen LogP contribution is -1.93. The first kappa shape index (κ1) is 10.5. The molecule has 0 aliphatic heterocycles. The largest absolute Gasteiger partial charge is 0.439 e. The normalized spacial score (nSPS) is 10.6. The Morgan fingerprint density at radius 1 is 1.18 bits per heavy atom. The zero-order valence-corrected chi connectivity index (χ0v) is 10.9. The third-order valence-electron chi connectivity index (χ3n) is 2.25. The fraction of sp³-hybridized carbons (Fsp3) is 0. The van der Waals surface area contributed by atoms with Crippen LogP contribution in [0, 0.1) is 3.57 Å².